The van der Waals surface area contributed by atoms with Crippen LogP contribution < -0.4 is 0 Å². The van der Waals surface area contributed by atoms with Gasteiger partial charge in [0, 0.05) is 46.4 Å². The highest BCUT2D eigenvalue weighted by molar-refractivity contribution is 6.01. The number of fused-ring (bicyclic) bond motifs is 2. The Kier molecular flexibility index (Phi) is 3.86. The molecule has 4 aromatic rings. The zero-order valence-corrected chi connectivity index (χ0v) is 15.0. The van der Waals surface area contributed by atoms with Crippen LogP contribution in [-0.2, 0) is 6.42 Å². The quantitative estimate of drug-likeness (QED) is 0.527. The lowest BCUT2D eigenvalue weighted by molar-refractivity contribution is 0.0966. The molecule has 2 heterocycles. The summed E-state index contributed by atoms with van der Waals surface area (Å²) < 4.78 is 0. The van der Waals surface area contributed by atoms with Gasteiger partial charge in [0.15, 0.2) is 5.78 Å². The van der Waals surface area contributed by atoms with Gasteiger partial charge in [-0.1, -0.05) is 54.6 Å². The van der Waals surface area contributed by atoms with Gasteiger partial charge in [0.05, 0.1) is 5.52 Å². The van der Waals surface area contributed by atoms with Crippen molar-refractivity contribution < 1.29 is 4.79 Å². The lowest BCUT2D eigenvalue weighted by atomic mass is 9.83. The van der Waals surface area contributed by atoms with E-state index in [1.165, 1.54) is 5.56 Å². The standard InChI is InChI=1S/C24H20N2O/c27-22-12-11-18(14-16-6-2-1-3-7-16)24-20(22)15-21(26-24)19-10-4-8-17-9-5-13-25-23(17)19/h1-10,13,15,18,26H,11-12,14H2. The Morgan fingerprint density at radius 1 is 0.963 bits per heavy atom. The summed E-state index contributed by atoms with van der Waals surface area (Å²) in [6.45, 7) is 0. The van der Waals surface area contributed by atoms with E-state index in [4.69, 9.17) is 0 Å². The molecule has 132 valence electrons. The van der Waals surface area contributed by atoms with Crippen molar-refractivity contribution in [2.75, 3.05) is 0 Å². The van der Waals surface area contributed by atoms with Crippen LogP contribution in [-0.4, -0.2) is 15.8 Å². The summed E-state index contributed by atoms with van der Waals surface area (Å²) >= 11 is 0. The topological polar surface area (TPSA) is 45.8 Å². The molecule has 1 aliphatic carbocycles. The average molecular weight is 352 g/mol. The molecule has 0 saturated carbocycles. The Morgan fingerprint density at radius 2 is 1.81 bits per heavy atom. The Balaban J connectivity index is 1.59. The van der Waals surface area contributed by atoms with E-state index >= 15 is 0 Å². The Bertz CT molecular complexity index is 1120. The molecule has 1 unspecified atom stereocenters. The fraction of sp³-hybridized carbons (Fsp3) is 0.167. The number of pyridine rings is 1. The van der Waals surface area contributed by atoms with Gasteiger partial charge in [-0.25, -0.2) is 0 Å². The van der Waals surface area contributed by atoms with E-state index < -0.39 is 0 Å². The summed E-state index contributed by atoms with van der Waals surface area (Å²) in [5.41, 5.74) is 6.24. The molecule has 3 heteroatoms. The van der Waals surface area contributed by atoms with Crippen LogP contribution >= 0.6 is 0 Å². The van der Waals surface area contributed by atoms with Gasteiger partial charge in [0.1, 0.15) is 0 Å². The minimum Gasteiger partial charge on any atom is -0.357 e. The SMILES string of the molecule is O=C1CCC(Cc2ccccc2)c2[nH]c(-c3cccc4cccnc34)cc21. The van der Waals surface area contributed by atoms with Crippen molar-refractivity contribution in [3.8, 4) is 11.3 Å². The van der Waals surface area contributed by atoms with Crippen molar-refractivity contribution in [1.29, 1.82) is 0 Å². The number of benzene rings is 2. The van der Waals surface area contributed by atoms with Crippen LogP contribution in [0.4, 0.5) is 0 Å². The maximum atomic E-state index is 12.6. The Morgan fingerprint density at radius 3 is 2.70 bits per heavy atom. The van der Waals surface area contributed by atoms with Crippen LogP contribution in [0.2, 0.25) is 0 Å². The number of aromatic nitrogens is 2. The molecule has 0 saturated heterocycles. The third kappa shape index (κ3) is 2.85. The van der Waals surface area contributed by atoms with Crippen LogP contribution in [0, 0.1) is 0 Å². The highest BCUT2D eigenvalue weighted by atomic mass is 16.1. The molecule has 27 heavy (non-hydrogen) atoms. The fourth-order valence-corrected chi connectivity index (χ4v) is 4.18. The third-order valence-corrected chi connectivity index (χ3v) is 5.52. The molecule has 0 radical (unpaired) electrons. The molecule has 0 aliphatic heterocycles. The number of rotatable bonds is 3. The first-order valence-corrected chi connectivity index (χ1v) is 9.44. The van der Waals surface area contributed by atoms with Crippen LogP contribution in [0.1, 0.15) is 40.4 Å². The molecular formula is C24H20N2O. The number of nitrogens with zero attached hydrogens (tertiary/aromatic N) is 1. The second-order valence-corrected chi connectivity index (χ2v) is 7.24. The smallest absolute Gasteiger partial charge is 0.164 e. The number of hydrogen-bond donors (Lipinski definition) is 1. The van der Waals surface area contributed by atoms with E-state index in [9.17, 15) is 4.79 Å². The number of carbonyl (C=O) groups is 1. The molecule has 5 rings (SSSR count). The second-order valence-electron chi connectivity index (χ2n) is 7.24. The Hall–Kier alpha value is -3.20. The third-order valence-electron chi connectivity index (χ3n) is 5.52. The van der Waals surface area contributed by atoms with Crippen LogP contribution in [0.3, 0.4) is 0 Å². The normalized spacial score (nSPS) is 16.4. The number of ketones is 1. The summed E-state index contributed by atoms with van der Waals surface area (Å²) in [5.74, 6) is 0.585. The van der Waals surface area contributed by atoms with Crippen molar-refractivity contribution in [1.82, 2.24) is 9.97 Å². The highest BCUT2D eigenvalue weighted by Crippen LogP contribution is 2.37. The second kappa shape index (κ2) is 6.51. The molecule has 2 aromatic carbocycles. The number of H-pyrrole nitrogens is 1. The maximum Gasteiger partial charge on any atom is 0.164 e. The number of aromatic amines is 1. The zero-order chi connectivity index (χ0) is 18.2. The van der Waals surface area contributed by atoms with Gasteiger partial charge in [0.2, 0.25) is 0 Å². The number of carbonyl (C=O) groups excluding carboxylic acids is 1. The maximum absolute atomic E-state index is 12.6. The summed E-state index contributed by atoms with van der Waals surface area (Å²) in [4.78, 5) is 20.7. The first-order valence-electron chi connectivity index (χ1n) is 9.44. The predicted molar refractivity (Wildman–Crippen MR) is 108 cm³/mol. The van der Waals surface area contributed by atoms with Gasteiger partial charge in [-0.3, -0.25) is 9.78 Å². The van der Waals surface area contributed by atoms with Gasteiger partial charge in [0.25, 0.3) is 0 Å². The number of para-hydroxylation sites is 1. The van der Waals surface area contributed by atoms with Crippen molar-refractivity contribution in [3.05, 3.63) is 89.7 Å². The molecule has 1 atom stereocenters. The molecule has 0 fully saturated rings. The molecule has 1 aliphatic rings. The van der Waals surface area contributed by atoms with E-state index in [2.05, 4.69) is 52.4 Å². The largest absolute Gasteiger partial charge is 0.357 e. The molecular weight excluding hydrogens is 332 g/mol. The lowest BCUT2D eigenvalue weighted by Crippen LogP contribution is -2.16. The monoisotopic (exact) mass is 352 g/mol. The van der Waals surface area contributed by atoms with Gasteiger partial charge in [-0.05, 0) is 30.5 Å². The van der Waals surface area contributed by atoms with Gasteiger partial charge in [-0.2, -0.15) is 0 Å². The summed E-state index contributed by atoms with van der Waals surface area (Å²) in [6.07, 6.45) is 4.29. The van der Waals surface area contributed by atoms with Crippen LogP contribution in [0.15, 0.2) is 72.9 Å². The fourth-order valence-electron chi connectivity index (χ4n) is 4.18. The van der Waals surface area contributed by atoms with E-state index in [1.54, 1.807) is 0 Å². The Labute approximate surface area is 158 Å². The molecule has 0 spiro atoms. The number of hydrogen-bond acceptors (Lipinski definition) is 2. The highest BCUT2D eigenvalue weighted by Gasteiger charge is 2.28. The number of Topliss-reactive ketones (excluding diaryl/α,β-unsaturated/α-hetero) is 1. The summed E-state index contributed by atoms with van der Waals surface area (Å²) in [7, 11) is 0. The van der Waals surface area contributed by atoms with Gasteiger partial charge >= 0.3 is 0 Å². The molecule has 0 bridgehead atoms. The zero-order valence-electron chi connectivity index (χ0n) is 15.0. The molecule has 1 N–H and O–H groups in total. The van der Waals surface area contributed by atoms with Crippen molar-refractivity contribution >= 4 is 16.7 Å². The van der Waals surface area contributed by atoms with Crippen molar-refractivity contribution in [2.24, 2.45) is 0 Å². The van der Waals surface area contributed by atoms with E-state index in [-0.39, 0.29) is 5.78 Å². The number of nitrogens with one attached hydrogen (secondary N) is 1. The molecule has 2 aromatic heterocycles. The predicted octanol–water partition coefficient (Wildman–Crippen LogP) is 5.53. The lowest BCUT2D eigenvalue weighted by Gasteiger charge is -2.21. The van der Waals surface area contributed by atoms with E-state index in [0.717, 1.165) is 46.3 Å². The molecule has 0 amide bonds. The summed E-state index contributed by atoms with van der Waals surface area (Å²) in [5, 5.41) is 1.11. The van der Waals surface area contributed by atoms with Crippen LogP contribution in [0.25, 0.3) is 22.2 Å². The van der Waals surface area contributed by atoms with E-state index in [1.807, 2.05) is 30.5 Å². The minimum absolute atomic E-state index is 0.241. The van der Waals surface area contributed by atoms with E-state index in [0.29, 0.717) is 12.3 Å². The van der Waals surface area contributed by atoms with Gasteiger partial charge < -0.3 is 4.98 Å². The summed E-state index contributed by atoms with van der Waals surface area (Å²) in [6, 6.07) is 22.7. The first kappa shape index (κ1) is 16.0. The van der Waals surface area contributed by atoms with Crippen molar-refractivity contribution in [3.63, 3.8) is 0 Å². The van der Waals surface area contributed by atoms with Gasteiger partial charge in [-0.15, -0.1) is 0 Å². The van der Waals surface area contributed by atoms with Crippen LogP contribution in [0.5, 0.6) is 0 Å². The first-order chi connectivity index (χ1) is 13.3. The average Bonchev–Trinajstić information content (AvgIpc) is 3.17. The van der Waals surface area contributed by atoms with Crippen molar-refractivity contribution in [2.45, 2.75) is 25.2 Å². The molecule has 3 nitrogen and oxygen atoms in total. The minimum atomic E-state index is 0.241.